The summed E-state index contributed by atoms with van der Waals surface area (Å²) >= 11 is 1.86. The first-order valence-corrected chi connectivity index (χ1v) is 9.67. The van der Waals surface area contributed by atoms with Crippen LogP contribution in [0.25, 0.3) is 0 Å². The normalized spacial score (nSPS) is 19.0. The van der Waals surface area contributed by atoms with Gasteiger partial charge in [-0.2, -0.15) is 11.8 Å². The van der Waals surface area contributed by atoms with Crippen LogP contribution in [-0.2, 0) is 0 Å². The second kappa shape index (κ2) is 10.3. The summed E-state index contributed by atoms with van der Waals surface area (Å²) in [5.74, 6) is 0.941. The van der Waals surface area contributed by atoms with Crippen LogP contribution in [-0.4, -0.2) is 86.2 Å². The van der Waals surface area contributed by atoms with Gasteiger partial charge >= 0.3 is 0 Å². The molecule has 0 radical (unpaired) electrons. The van der Waals surface area contributed by atoms with Crippen LogP contribution in [0, 0.1) is 0 Å². The second-order valence-electron chi connectivity index (χ2n) is 6.58. The molecule has 22 heavy (non-hydrogen) atoms. The van der Waals surface area contributed by atoms with Crippen molar-refractivity contribution in [3.63, 3.8) is 0 Å². The number of aliphatic imine (C=N–C) groups is 1. The largest absolute Gasteiger partial charge is 0.357 e. The van der Waals surface area contributed by atoms with Crippen LogP contribution < -0.4 is 10.6 Å². The number of guanidine groups is 1. The van der Waals surface area contributed by atoms with Crippen molar-refractivity contribution in [1.82, 2.24) is 20.4 Å². The summed E-state index contributed by atoms with van der Waals surface area (Å²) in [4.78, 5) is 9.68. The molecule has 0 saturated carbocycles. The topological polar surface area (TPSA) is 42.9 Å². The maximum Gasteiger partial charge on any atom is 0.191 e. The highest BCUT2D eigenvalue weighted by Gasteiger charge is 2.15. The zero-order valence-electron chi connectivity index (χ0n) is 15.1. The molecule has 0 spiro atoms. The highest BCUT2D eigenvalue weighted by molar-refractivity contribution is 7.99. The molecule has 0 atom stereocenters. The van der Waals surface area contributed by atoms with Gasteiger partial charge in [0.25, 0.3) is 0 Å². The molecule has 1 rings (SSSR count). The van der Waals surface area contributed by atoms with E-state index in [2.05, 4.69) is 54.5 Å². The van der Waals surface area contributed by atoms with Crippen LogP contribution in [0.3, 0.4) is 0 Å². The Labute approximate surface area is 141 Å². The van der Waals surface area contributed by atoms with Crippen LogP contribution in [0.1, 0.15) is 27.2 Å². The SMILES string of the molecule is CCNC(=NCC(C)(C)SC)NCCN1CCCN(C)CC1. The molecule has 0 aliphatic carbocycles. The van der Waals surface area contributed by atoms with Crippen molar-refractivity contribution in [2.75, 3.05) is 65.7 Å². The Morgan fingerprint density at radius 3 is 2.64 bits per heavy atom. The van der Waals surface area contributed by atoms with E-state index in [9.17, 15) is 0 Å². The predicted molar refractivity (Wildman–Crippen MR) is 100 cm³/mol. The Hall–Kier alpha value is -0.460. The molecule has 6 heteroatoms. The third-order valence-electron chi connectivity index (χ3n) is 4.05. The van der Waals surface area contributed by atoms with Crippen molar-refractivity contribution in [2.24, 2.45) is 4.99 Å². The van der Waals surface area contributed by atoms with Gasteiger partial charge in [-0.15, -0.1) is 0 Å². The highest BCUT2D eigenvalue weighted by atomic mass is 32.2. The van der Waals surface area contributed by atoms with Crippen LogP contribution in [0.15, 0.2) is 4.99 Å². The fourth-order valence-electron chi connectivity index (χ4n) is 2.33. The van der Waals surface area contributed by atoms with Gasteiger partial charge in [0.05, 0.1) is 6.54 Å². The molecule has 1 aliphatic heterocycles. The average Bonchev–Trinajstić information content (AvgIpc) is 2.70. The van der Waals surface area contributed by atoms with Crippen molar-refractivity contribution in [3.05, 3.63) is 0 Å². The minimum absolute atomic E-state index is 0.192. The van der Waals surface area contributed by atoms with E-state index in [1.54, 1.807) is 0 Å². The standard InChI is InChI=1S/C16H35N5S/c1-6-17-15(19-14-16(2,3)22-5)18-8-11-21-10-7-9-20(4)12-13-21/h6-14H2,1-5H3,(H2,17,18,19). The van der Waals surface area contributed by atoms with Crippen LogP contribution in [0.4, 0.5) is 0 Å². The molecule has 130 valence electrons. The van der Waals surface area contributed by atoms with Gasteiger partial charge in [-0.25, -0.2) is 0 Å². The van der Waals surface area contributed by atoms with Gasteiger partial charge in [-0.05, 0) is 53.6 Å². The number of nitrogens with zero attached hydrogens (tertiary/aromatic N) is 3. The van der Waals surface area contributed by atoms with Gasteiger partial charge in [0, 0.05) is 37.5 Å². The Morgan fingerprint density at radius 2 is 1.95 bits per heavy atom. The van der Waals surface area contributed by atoms with Gasteiger partial charge in [0.1, 0.15) is 0 Å². The first-order chi connectivity index (χ1) is 10.5. The molecule has 1 saturated heterocycles. The lowest BCUT2D eigenvalue weighted by atomic mass is 10.2. The summed E-state index contributed by atoms with van der Waals surface area (Å²) < 4.78 is 0.192. The monoisotopic (exact) mass is 329 g/mol. The molecule has 0 unspecified atom stereocenters. The van der Waals surface area contributed by atoms with E-state index in [1.807, 2.05) is 11.8 Å². The summed E-state index contributed by atoms with van der Waals surface area (Å²) in [7, 11) is 2.21. The van der Waals surface area contributed by atoms with Crippen molar-refractivity contribution < 1.29 is 0 Å². The summed E-state index contributed by atoms with van der Waals surface area (Å²) in [5.41, 5.74) is 0. The summed E-state index contributed by atoms with van der Waals surface area (Å²) in [6.45, 7) is 15.1. The summed E-state index contributed by atoms with van der Waals surface area (Å²) in [6.07, 6.45) is 3.42. The van der Waals surface area contributed by atoms with Crippen LogP contribution in [0.2, 0.25) is 0 Å². The number of rotatable bonds is 7. The van der Waals surface area contributed by atoms with E-state index in [0.717, 1.165) is 32.1 Å². The number of thioether (sulfide) groups is 1. The Balaban J connectivity index is 2.35. The third-order valence-corrected chi connectivity index (χ3v) is 5.28. The Morgan fingerprint density at radius 1 is 1.18 bits per heavy atom. The van der Waals surface area contributed by atoms with Crippen molar-refractivity contribution in [3.8, 4) is 0 Å². The third kappa shape index (κ3) is 8.25. The molecule has 0 aromatic rings. The van der Waals surface area contributed by atoms with E-state index < -0.39 is 0 Å². The molecule has 0 amide bonds. The molecule has 1 heterocycles. The Bertz CT molecular complexity index is 332. The molecular weight excluding hydrogens is 294 g/mol. The Kier molecular flexibility index (Phi) is 9.21. The first kappa shape index (κ1) is 19.6. The molecule has 2 N–H and O–H groups in total. The van der Waals surface area contributed by atoms with Crippen molar-refractivity contribution in [2.45, 2.75) is 31.9 Å². The van der Waals surface area contributed by atoms with Crippen molar-refractivity contribution in [1.29, 1.82) is 0 Å². The van der Waals surface area contributed by atoms with E-state index in [-0.39, 0.29) is 4.75 Å². The fourth-order valence-corrected chi connectivity index (χ4v) is 2.53. The van der Waals surface area contributed by atoms with Crippen LogP contribution in [0.5, 0.6) is 0 Å². The number of likely N-dealkylation sites (N-methyl/N-ethyl adjacent to an activating group) is 1. The lowest BCUT2D eigenvalue weighted by Gasteiger charge is -2.22. The molecule has 0 bridgehead atoms. The minimum atomic E-state index is 0.192. The maximum absolute atomic E-state index is 4.72. The average molecular weight is 330 g/mol. The van der Waals surface area contributed by atoms with Gasteiger partial charge < -0.3 is 20.4 Å². The smallest absolute Gasteiger partial charge is 0.191 e. The zero-order valence-corrected chi connectivity index (χ0v) is 15.9. The molecule has 0 aromatic heterocycles. The van der Waals surface area contributed by atoms with Gasteiger partial charge in [-0.3, -0.25) is 4.99 Å². The fraction of sp³-hybridized carbons (Fsp3) is 0.938. The quantitative estimate of drug-likeness (QED) is 0.545. The molecule has 1 aliphatic rings. The lowest BCUT2D eigenvalue weighted by molar-refractivity contribution is 0.280. The summed E-state index contributed by atoms with van der Waals surface area (Å²) in [5, 5.41) is 6.81. The van der Waals surface area contributed by atoms with E-state index in [0.29, 0.717) is 0 Å². The predicted octanol–water partition coefficient (Wildman–Crippen LogP) is 1.32. The van der Waals surface area contributed by atoms with E-state index >= 15 is 0 Å². The van der Waals surface area contributed by atoms with E-state index in [4.69, 9.17) is 4.99 Å². The summed E-state index contributed by atoms with van der Waals surface area (Å²) in [6, 6.07) is 0. The highest BCUT2D eigenvalue weighted by Crippen LogP contribution is 2.20. The molecule has 0 aromatic carbocycles. The van der Waals surface area contributed by atoms with Gasteiger partial charge in [0.2, 0.25) is 0 Å². The number of hydrogen-bond acceptors (Lipinski definition) is 4. The van der Waals surface area contributed by atoms with Crippen LogP contribution >= 0.6 is 11.8 Å². The maximum atomic E-state index is 4.72. The zero-order chi connectivity index (χ0) is 16.4. The first-order valence-electron chi connectivity index (χ1n) is 8.45. The number of nitrogens with one attached hydrogen (secondary N) is 2. The lowest BCUT2D eigenvalue weighted by Crippen LogP contribution is -2.42. The van der Waals surface area contributed by atoms with Gasteiger partial charge in [-0.1, -0.05) is 0 Å². The van der Waals surface area contributed by atoms with Gasteiger partial charge in [0.15, 0.2) is 5.96 Å². The second-order valence-corrected chi connectivity index (χ2v) is 8.10. The van der Waals surface area contributed by atoms with E-state index in [1.165, 1.54) is 32.6 Å². The molecular formula is C16H35N5S. The minimum Gasteiger partial charge on any atom is -0.357 e. The number of hydrogen-bond donors (Lipinski definition) is 2. The molecule has 5 nitrogen and oxygen atoms in total. The van der Waals surface area contributed by atoms with Crippen molar-refractivity contribution >= 4 is 17.7 Å². The molecule has 1 fully saturated rings.